The van der Waals surface area contributed by atoms with Crippen LogP contribution in [0.25, 0.3) is 0 Å². The minimum absolute atomic E-state index is 0. The van der Waals surface area contributed by atoms with E-state index in [1.54, 1.807) is 0 Å². The zero-order valence-corrected chi connectivity index (χ0v) is 13.9. The summed E-state index contributed by atoms with van der Waals surface area (Å²) in [6.07, 6.45) is 1.93. The van der Waals surface area contributed by atoms with Crippen LogP contribution in [0.15, 0.2) is 36.4 Å². The van der Waals surface area contributed by atoms with E-state index in [4.69, 9.17) is 9.97 Å². The number of nitrogens with zero attached hydrogens (tertiary/aromatic N) is 3. The molecule has 0 unspecified atom stereocenters. The predicted octanol–water partition coefficient (Wildman–Crippen LogP) is 3.11. The van der Waals surface area contributed by atoms with Crippen LogP contribution < -0.4 is 0 Å². The van der Waals surface area contributed by atoms with Crippen molar-refractivity contribution in [3.05, 3.63) is 74.0 Å². The van der Waals surface area contributed by atoms with Crippen molar-refractivity contribution in [1.29, 1.82) is 0 Å². The van der Waals surface area contributed by atoms with Gasteiger partial charge in [0.2, 0.25) is 0 Å². The van der Waals surface area contributed by atoms with Gasteiger partial charge in [0.15, 0.2) is 0 Å². The molecule has 0 saturated carbocycles. The second-order valence-electron chi connectivity index (χ2n) is 4.91. The van der Waals surface area contributed by atoms with Crippen molar-refractivity contribution in [3.63, 3.8) is 0 Å². The Balaban J connectivity index is 0.00000133. The van der Waals surface area contributed by atoms with Gasteiger partial charge in [-0.2, -0.15) is 0 Å². The summed E-state index contributed by atoms with van der Waals surface area (Å²) in [7, 11) is 2.11. The Bertz CT molecular complexity index is 508. The summed E-state index contributed by atoms with van der Waals surface area (Å²) >= 11 is 0. The third-order valence-electron chi connectivity index (χ3n) is 3.23. The van der Waals surface area contributed by atoms with E-state index in [1.165, 1.54) is 0 Å². The second kappa shape index (κ2) is 8.91. The van der Waals surface area contributed by atoms with E-state index < -0.39 is 0 Å². The molecule has 0 aromatic carbocycles. The Morgan fingerprint density at radius 3 is 1.57 bits per heavy atom. The SMILES string of the molecule is CN1Cc2cccc(n2)CCc2cccc(n2)C1.[CH3-].[CH3-].[Ni+3]. The Morgan fingerprint density at radius 1 is 0.762 bits per heavy atom. The van der Waals surface area contributed by atoms with Crippen molar-refractivity contribution in [2.75, 3.05) is 7.05 Å². The first-order valence-corrected chi connectivity index (χ1v) is 6.38. The molecule has 2 aromatic heterocycles. The maximum Gasteiger partial charge on any atom is 3.00 e. The van der Waals surface area contributed by atoms with E-state index in [0.29, 0.717) is 0 Å². The molecular formula is C17H23N3Ni+. The average molecular weight is 328 g/mol. The molecule has 115 valence electrons. The monoisotopic (exact) mass is 327 g/mol. The van der Waals surface area contributed by atoms with E-state index in [9.17, 15) is 0 Å². The Morgan fingerprint density at radius 2 is 1.14 bits per heavy atom. The molecule has 3 heterocycles. The van der Waals surface area contributed by atoms with E-state index in [0.717, 1.165) is 48.7 Å². The fourth-order valence-corrected chi connectivity index (χ4v) is 2.38. The van der Waals surface area contributed by atoms with Gasteiger partial charge in [0.1, 0.15) is 0 Å². The van der Waals surface area contributed by atoms with Gasteiger partial charge in [0.05, 0.1) is 11.4 Å². The smallest absolute Gasteiger partial charge is 0.358 e. The van der Waals surface area contributed by atoms with Crippen LogP contribution in [-0.2, 0) is 42.4 Å². The number of hydrogen-bond acceptors (Lipinski definition) is 3. The van der Waals surface area contributed by atoms with Crippen LogP contribution in [0.1, 0.15) is 22.8 Å². The fraction of sp³-hybridized carbons (Fsp3) is 0.294. The molecule has 1 radical (unpaired) electrons. The van der Waals surface area contributed by atoms with Crippen LogP contribution in [0.3, 0.4) is 0 Å². The van der Waals surface area contributed by atoms with Gasteiger partial charge in [0, 0.05) is 24.5 Å². The largest absolute Gasteiger partial charge is 3.00 e. The first kappa shape index (κ1) is 19.8. The zero-order valence-electron chi connectivity index (χ0n) is 13.0. The van der Waals surface area contributed by atoms with Gasteiger partial charge in [-0.1, -0.05) is 12.1 Å². The number of hydrogen-bond donors (Lipinski definition) is 0. The van der Waals surface area contributed by atoms with Gasteiger partial charge in [0.25, 0.3) is 0 Å². The van der Waals surface area contributed by atoms with Crippen molar-refractivity contribution >= 4 is 0 Å². The third kappa shape index (κ3) is 5.22. The topological polar surface area (TPSA) is 29.0 Å². The maximum absolute atomic E-state index is 4.70. The Kier molecular flexibility index (Phi) is 8.38. The summed E-state index contributed by atoms with van der Waals surface area (Å²) in [5.41, 5.74) is 4.61. The van der Waals surface area contributed by atoms with Gasteiger partial charge in [-0.15, -0.1) is 0 Å². The number of aromatic nitrogens is 2. The van der Waals surface area contributed by atoms with Gasteiger partial charge in [-0.25, -0.2) is 0 Å². The van der Waals surface area contributed by atoms with Crippen molar-refractivity contribution in [2.45, 2.75) is 25.9 Å². The van der Waals surface area contributed by atoms with Gasteiger partial charge in [-0.3, -0.25) is 14.9 Å². The molecule has 0 atom stereocenters. The standard InChI is InChI=1S/C15H17N3.2CH3.Ni/c1-18-10-14-6-2-4-12(16-14)8-9-13-5-3-7-15(11-18)17-13;;;/h2-7H,8-11H2,1H3;2*1H3;/q;2*-1;+3. The summed E-state index contributed by atoms with van der Waals surface area (Å²) in [6, 6.07) is 12.6. The van der Waals surface area contributed by atoms with Crippen molar-refractivity contribution in [3.8, 4) is 0 Å². The Labute approximate surface area is 138 Å². The molecule has 21 heavy (non-hydrogen) atoms. The van der Waals surface area contributed by atoms with E-state index in [1.807, 2.05) is 0 Å². The summed E-state index contributed by atoms with van der Waals surface area (Å²) in [6.45, 7) is 1.75. The molecule has 4 heteroatoms. The minimum Gasteiger partial charge on any atom is -0.358 e. The number of pyridine rings is 2. The summed E-state index contributed by atoms with van der Waals surface area (Å²) < 4.78 is 0. The molecule has 3 nitrogen and oxygen atoms in total. The predicted molar refractivity (Wildman–Crippen MR) is 83.9 cm³/mol. The molecule has 0 fully saturated rings. The molecule has 1 aliphatic rings. The molecule has 3 rings (SSSR count). The van der Waals surface area contributed by atoms with E-state index >= 15 is 0 Å². The van der Waals surface area contributed by atoms with Crippen LogP contribution in [0, 0.1) is 14.9 Å². The van der Waals surface area contributed by atoms with Crippen LogP contribution >= 0.6 is 0 Å². The summed E-state index contributed by atoms with van der Waals surface area (Å²) in [5.74, 6) is 0. The van der Waals surface area contributed by atoms with Crippen molar-refractivity contribution in [2.24, 2.45) is 0 Å². The summed E-state index contributed by atoms with van der Waals surface area (Å²) in [4.78, 5) is 11.7. The zero-order chi connectivity index (χ0) is 12.4. The molecule has 0 spiro atoms. The van der Waals surface area contributed by atoms with Gasteiger partial charge in [-0.05, 0) is 44.2 Å². The number of rotatable bonds is 0. The van der Waals surface area contributed by atoms with Crippen LogP contribution in [0.2, 0.25) is 0 Å². The van der Waals surface area contributed by atoms with Crippen LogP contribution in [0.4, 0.5) is 0 Å². The molecule has 0 saturated heterocycles. The number of fused-ring (bicyclic) bond motifs is 4. The molecular weight excluding hydrogens is 305 g/mol. The van der Waals surface area contributed by atoms with E-state index in [-0.39, 0.29) is 31.3 Å². The molecule has 4 bridgehead atoms. The average Bonchev–Trinajstić information content (AvgIpc) is 2.37. The van der Waals surface area contributed by atoms with Gasteiger partial charge < -0.3 is 14.9 Å². The molecule has 0 aliphatic carbocycles. The quantitative estimate of drug-likeness (QED) is 0.550. The van der Waals surface area contributed by atoms with E-state index in [2.05, 4.69) is 48.3 Å². The minimum atomic E-state index is 0. The fourth-order valence-electron chi connectivity index (χ4n) is 2.38. The first-order chi connectivity index (χ1) is 8.79. The molecule has 2 aromatic rings. The molecule has 0 N–H and O–H groups in total. The van der Waals surface area contributed by atoms with Gasteiger partial charge >= 0.3 is 16.5 Å². The molecule has 0 amide bonds. The first-order valence-electron chi connectivity index (χ1n) is 6.38. The normalized spacial score (nSPS) is 13.8. The Hall–Kier alpha value is -1.25. The summed E-state index contributed by atoms with van der Waals surface area (Å²) in [5, 5.41) is 0. The molecule has 1 aliphatic heterocycles. The van der Waals surface area contributed by atoms with Crippen LogP contribution in [0.5, 0.6) is 0 Å². The van der Waals surface area contributed by atoms with Crippen LogP contribution in [-0.4, -0.2) is 21.9 Å². The third-order valence-corrected chi connectivity index (χ3v) is 3.23. The van der Waals surface area contributed by atoms with Crippen molar-refractivity contribution in [1.82, 2.24) is 14.9 Å². The maximum atomic E-state index is 4.70. The second-order valence-corrected chi connectivity index (χ2v) is 4.91. The number of aryl methyl sites for hydroxylation is 2. The van der Waals surface area contributed by atoms with Crippen molar-refractivity contribution < 1.29 is 16.5 Å².